The van der Waals surface area contributed by atoms with Crippen LogP contribution in [0.1, 0.15) is 12.8 Å². The first-order valence-electron chi connectivity index (χ1n) is 8.59. The Morgan fingerprint density at radius 2 is 1.88 bits per heavy atom. The number of hydrogen-bond acceptors (Lipinski definition) is 3. The van der Waals surface area contributed by atoms with E-state index in [-0.39, 0.29) is 17.7 Å². The lowest BCUT2D eigenvalue weighted by Gasteiger charge is -2.17. The Bertz CT molecular complexity index is 749. The zero-order valence-corrected chi connectivity index (χ0v) is 15.1. The molecular weight excluding hydrogens is 357 g/mol. The number of ether oxygens (including phenoxy) is 1. The molecule has 0 bridgehead atoms. The number of carbonyl (C=O) groups is 1. The zero-order chi connectivity index (χ0) is 18.4. The topological polar surface area (TPSA) is 53.6 Å². The quantitative estimate of drug-likeness (QED) is 0.739. The minimum atomic E-state index is -0.421. The number of urea groups is 1. The summed E-state index contributed by atoms with van der Waals surface area (Å²) in [4.78, 5) is 14.2. The van der Waals surface area contributed by atoms with Gasteiger partial charge in [-0.15, -0.1) is 0 Å². The molecule has 1 saturated heterocycles. The fourth-order valence-electron chi connectivity index (χ4n) is 2.82. The monoisotopic (exact) mass is 377 g/mol. The zero-order valence-electron chi connectivity index (χ0n) is 14.3. The Labute approximate surface area is 157 Å². The van der Waals surface area contributed by atoms with Crippen LogP contribution in [0.15, 0.2) is 42.5 Å². The van der Waals surface area contributed by atoms with Gasteiger partial charge in [-0.05, 0) is 55.3 Å². The number of hydrogen-bond donors (Lipinski definition) is 2. The van der Waals surface area contributed by atoms with Crippen molar-refractivity contribution >= 4 is 29.0 Å². The summed E-state index contributed by atoms with van der Waals surface area (Å²) in [6.45, 7) is 2.70. The molecule has 2 aromatic rings. The summed E-state index contributed by atoms with van der Waals surface area (Å²) in [5.74, 6) is -0.0385. The van der Waals surface area contributed by atoms with Crippen molar-refractivity contribution in [3.63, 3.8) is 0 Å². The van der Waals surface area contributed by atoms with Gasteiger partial charge in [0.15, 0.2) is 0 Å². The second kappa shape index (κ2) is 8.76. The van der Waals surface area contributed by atoms with E-state index in [2.05, 4.69) is 15.5 Å². The van der Waals surface area contributed by atoms with Gasteiger partial charge in [0.05, 0.1) is 11.6 Å². The van der Waals surface area contributed by atoms with Gasteiger partial charge in [0, 0.05) is 24.5 Å². The molecule has 1 aliphatic heterocycles. The molecule has 2 amide bonds. The lowest BCUT2D eigenvalue weighted by molar-refractivity contribution is 0.247. The van der Waals surface area contributed by atoms with E-state index in [4.69, 9.17) is 16.3 Å². The average molecular weight is 378 g/mol. The van der Waals surface area contributed by atoms with E-state index in [0.717, 1.165) is 18.8 Å². The largest absolute Gasteiger partial charge is 0.490 e. The van der Waals surface area contributed by atoms with Crippen molar-refractivity contribution in [3.8, 4) is 5.75 Å². The molecule has 0 aromatic heterocycles. The van der Waals surface area contributed by atoms with E-state index in [9.17, 15) is 9.18 Å². The number of rotatable bonds is 6. The van der Waals surface area contributed by atoms with Crippen LogP contribution in [0.25, 0.3) is 0 Å². The first-order chi connectivity index (χ1) is 12.6. The predicted molar refractivity (Wildman–Crippen MR) is 102 cm³/mol. The number of amides is 2. The highest BCUT2D eigenvalue weighted by molar-refractivity contribution is 6.32. The lowest BCUT2D eigenvalue weighted by Crippen LogP contribution is -2.32. The molecular formula is C19H21ClFN3O2. The molecule has 0 atom stereocenters. The van der Waals surface area contributed by atoms with E-state index >= 15 is 0 Å². The number of nitrogens with one attached hydrogen (secondary N) is 2. The van der Waals surface area contributed by atoms with Gasteiger partial charge >= 0.3 is 6.03 Å². The summed E-state index contributed by atoms with van der Waals surface area (Å²) >= 11 is 5.87. The number of nitrogens with zero attached hydrogens (tertiary/aromatic N) is 1. The van der Waals surface area contributed by atoms with Gasteiger partial charge in [-0.25, -0.2) is 9.18 Å². The number of benzene rings is 2. The second-order valence-electron chi connectivity index (χ2n) is 6.05. The molecule has 1 heterocycles. The van der Waals surface area contributed by atoms with Crippen LogP contribution in [0.3, 0.4) is 0 Å². The van der Waals surface area contributed by atoms with Crippen LogP contribution in [0.2, 0.25) is 5.02 Å². The predicted octanol–water partition coefficient (Wildman–Crippen LogP) is 4.28. The van der Waals surface area contributed by atoms with Gasteiger partial charge in [0.1, 0.15) is 18.2 Å². The molecule has 3 rings (SSSR count). The van der Waals surface area contributed by atoms with Crippen LogP contribution >= 0.6 is 11.6 Å². The van der Waals surface area contributed by atoms with Crippen LogP contribution < -0.4 is 20.3 Å². The summed E-state index contributed by atoms with van der Waals surface area (Å²) in [6, 6.07) is 11.4. The Morgan fingerprint density at radius 3 is 2.58 bits per heavy atom. The van der Waals surface area contributed by atoms with Gasteiger partial charge < -0.3 is 20.3 Å². The van der Waals surface area contributed by atoms with Gasteiger partial charge in [0.25, 0.3) is 0 Å². The Kier molecular flexibility index (Phi) is 6.17. The molecule has 1 aliphatic rings. The van der Waals surface area contributed by atoms with Gasteiger partial charge in [-0.2, -0.15) is 0 Å². The fourth-order valence-corrected chi connectivity index (χ4v) is 3.05. The minimum Gasteiger partial charge on any atom is -0.490 e. The summed E-state index contributed by atoms with van der Waals surface area (Å²) in [7, 11) is 0. The molecule has 138 valence electrons. The highest BCUT2D eigenvalue weighted by Crippen LogP contribution is 2.24. The first kappa shape index (κ1) is 18.3. The molecule has 7 heteroatoms. The van der Waals surface area contributed by atoms with Crippen LogP contribution in [-0.2, 0) is 0 Å². The van der Waals surface area contributed by atoms with Crippen LogP contribution in [-0.4, -0.2) is 32.3 Å². The number of halogens is 2. The third-order valence-electron chi connectivity index (χ3n) is 4.14. The van der Waals surface area contributed by atoms with Gasteiger partial charge in [0.2, 0.25) is 0 Å². The highest BCUT2D eigenvalue weighted by atomic mass is 35.5. The summed E-state index contributed by atoms with van der Waals surface area (Å²) < 4.78 is 18.4. The first-order valence-corrected chi connectivity index (χ1v) is 8.97. The van der Waals surface area contributed by atoms with Crippen molar-refractivity contribution in [2.24, 2.45) is 0 Å². The van der Waals surface area contributed by atoms with Crippen molar-refractivity contribution in [1.82, 2.24) is 5.32 Å². The third kappa shape index (κ3) is 5.02. The van der Waals surface area contributed by atoms with Crippen LogP contribution in [0, 0.1) is 5.82 Å². The maximum Gasteiger partial charge on any atom is 0.319 e. The molecule has 0 spiro atoms. The molecule has 2 aromatic carbocycles. The molecule has 0 aliphatic carbocycles. The molecule has 1 fully saturated rings. The fraction of sp³-hybridized carbons (Fsp3) is 0.316. The van der Waals surface area contributed by atoms with E-state index in [1.165, 1.54) is 36.7 Å². The Balaban J connectivity index is 1.39. The number of carbonyl (C=O) groups excluding carboxylic acids is 1. The summed E-state index contributed by atoms with van der Waals surface area (Å²) in [6.07, 6.45) is 2.46. The molecule has 2 N–H and O–H groups in total. The SMILES string of the molecule is O=C(NCCOc1ccc(F)cc1Cl)Nc1ccc(N2CCCC2)cc1. The minimum absolute atomic E-state index is 0.201. The van der Waals surface area contributed by atoms with E-state index in [1.54, 1.807) is 0 Å². The molecule has 0 unspecified atom stereocenters. The van der Waals surface area contributed by atoms with Gasteiger partial charge in [-0.3, -0.25) is 0 Å². The van der Waals surface area contributed by atoms with Crippen LogP contribution in [0.5, 0.6) is 5.75 Å². The van der Waals surface area contributed by atoms with E-state index in [0.29, 0.717) is 12.3 Å². The summed E-state index contributed by atoms with van der Waals surface area (Å²) in [5.41, 5.74) is 1.91. The van der Waals surface area contributed by atoms with Crippen molar-refractivity contribution in [3.05, 3.63) is 53.3 Å². The van der Waals surface area contributed by atoms with Gasteiger partial charge in [-0.1, -0.05) is 11.6 Å². The van der Waals surface area contributed by atoms with E-state index < -0.39 is 5.82 Å². The molecule has 5 nitrogen and oxygen atoms in total. The summed E-state index contributed by atoms with van der Waals surface area (Å²) in [5, 5.41) is 5.68. The third-order valence-corrected chi connectivity index (χ3v) is 4.43. The normalized spacial score (nSPS) is 13.5. The smallest absolute Gasteiger partial charge is 0.319 e. The van der Waals surface area contributed by atoms with Crippen molar-refractivity contribution in [2.45, 2.75) is 12.8 Å². The Hall–Kier alpha value is -2.47. The maximum atomic E-state index is 13.0. The Morgan fingerprint density at radius 1 is 1.15 bits per heavy atom. The van der Waals surface area contributed by atoms with E-state index in [1.807, 2.05) is 24.3 Å². The van der Waals surface area contributed by atoms with Crippen LogP contribution in [0.4, 0.5) is 20.6 Å². The maximum absolute atomic E-state index is 13.0. The van der Waals surface area contributed by atoms with Crippen molar-refractivity contribution in [2.75, 3.05) is 36.5 Å². The standard InChI is InChI=1S/C19H21ClFN3O2/c20-17-13-14(21)3-8-18(17)26-12-9-22-19(25)23-15-4-6-16(7-5-15)24-10-1-2-11-24/h3-8,13H,1-2,9-12H2,(H2,22,23,25). The molecule has 0 radical (unpaired) electrons. The van der Waals surface area contributed by atoms with Crippen molar-refractivity contribution in [1.29, 1.82) is 0 Å². The second-order valence-corrected chi connectivity index (χ2v) is 6.45. The molecule has 26 heavy (non-hydrogen) atoms. The number of anilines is 2. The lowest BCUT2D eigenvalue weighted by atomic mass is 10.2. The molecule has 0 saturated carbocycles. The van der Waals surface area contributed by atoms with Crippen molar-refractivity contribution < 1.29 is 13.9 Å². The highest BCUT2D eigenvalue weighted by Gasteiger charge is 2.12. The average Bonchev–Trinajstić information content (AvgIpc) is 3.15.